The minimum absolute atomic E-state index is 0.0611. The zero-order chi connectivity index (χ0) is 29.4. The van der Waals surface area contributed by atoms with Crippen LogP contribution in [0.1, 0.15) is 36.8 Å². The molecule has 1 heterocycles. The molecule has 1 N–H and O–H groups in total. The molecule has 0 spiro atoms. The third-order valence-electron chi connectivity index (χ3n) is 6.86. The van der Waals surface area contributed by atoms with Gasteiger partial charge in [0.2, 0.25) is 5.91 Å². The molecule has 4 rings (SSSR count). The lowest BCUT2D eigenvalue weighted by molar-refractivity contribution is -0.152. The molecule has 1 unspecified atom stereocenters. The van der Waals surface area contributed by atoms with Crippen molar-refractivity contribution >= 4 is 40.9 Å². The summed E-state index contributed by atoms with van der Waals surface area (Å²) in [6.07, 6.45) is 3.34. The predicted molar refractivity (Wildman–Crippen MR) is 157 cm³/mol. The second-order valence-electron chi connectivity index (χ2n) is 10.1. The molecular formula is C31H32Cl2FN3O4. The summed E-state index contributed by atoms with van der Waals surface area (Å²) >= 11 is 12.0. The number of benzene rings is 3. The third-order valence-corrected chi connectivity index (χ3v) is 7.60. The van der Waals surface area contributed by atoms with Gasteiger partial charge in [-0.05, 0) is 61.6 Å². The van der Waals surface area contributed by atoms with Crippen molar-refractivity contribution in [2.45, 2.75) is 44.7 Å². The number of halogens is 3. The number of ether oxygens (including phenoxy) is 1. The highest BCUT2D eigenvalue weighted by Crippen LogP contribution is 2.32. The molecule has 0 aliphatic carbocycles. The first-order chi connectivity index (χ1) is 19.7. The Balaban J connectivity index is 1.31. The molecule has 3 amide bonds. The standard InChI is InChI=1S/C31H32Cl2FN3O4/c1-36(19-22-17-23(34)12-15-28(22)41-25-13-14-26(32)27(33)18-25)30(39)31(40)37-16-6-10-24(20-37)35-29(38)11-5-9-21-7-3-2-4-8-21/h2-4,7-8,12-15,17-18,24H,5-6,9-11,16,19-20H2,1H3,(H,35,38). The fourth-order valence-electron chi connectivity index (χ4n) is 4.74. The minimum atomic E-state index is -0.732. The number of hydrogen-bond donors (Lipinski definition) is 1. The zero-order valence-electron chi connectivity index (χ0n) is 22.7. The third kappa shape index (κ3) is 8.68. The van der Waals surface area contributed by atoms with Crippen molar-refractivity contribution in [2.24, 2.45) is 0 Å². The van der Waals surface area contributed by atoms with Gasteiger partial charge in [-0.2, -0.15) is 0 Å². The number of nitrogens with one attached hydrogen (secondary N) is 1. The fraction of sp³-hybridized carbons (Fsp3) is 0.323. The van der Waals surface area contributed by atoms with Gasteiger partial charge < -0.3 is 19.9 Å². The topological polar surface area (TPSA) is 79.0 Å². The van der Waals surface area contributed by atoms with Crippen LogP contribution < -0.4 is 10.1 Å². The van der Waals surface area contributed by atoms with E-state index >= 15 is 0 Å². The predicted octanol–water partition coefficient (Wildman–Crippen LogP) is 6.01. The molecule has 3 aromatic rings. The van der Waals surface area contributed by atoms with Gasteiger partial charge in [-0.1, -0.05) is 53.5 Å². The lowest BCUT2D eigenvalue weighted by atomic mass is 10.0. The number of nitrogens with zero attached hydrogens (tertiary/aromatic N) is 2. The van der Waals surface area contributed by atoms with Crippen LogP contribution in [0.25, 0.3) is 0 Å². The summed E-state index contributed by atoms with van der Waals surface area (Å²) in [6, 6.07) is 18.4. The van der Waals surface area contributed by atoms with Gasteiger partial charge >= 0.3 is 11.8 Å². The number of aryl methyl sites for hydroxylation is 1. The smallest absolute Gasteiger partial charge is 0.312 e. The van der Waals surface area contributed by atoms with Crippen molar-refractivity contribution in [3.05, 3.63) is 93.7 Å². The Bertz CT molecular complexity index is 1390. The molecular weight excluding hydrogens is 568 g/mol. The van der Waals surface area contributed by atoms with Gasteiger partial charge in [0.15, 0.2) is 0 Å². The van der Waals surface area contributed by atoms with E-state index in [0.717, 1.165) is 19.3 Å². The lowest BCUT2D eigenvalue weighted by Gasteiger charge is -2.33. The Morgan fingerprint density at radius 1 is 1.05 bits per heavy atom. The van der Waals surface area contributed by atoms with Crippen LogP contribution in [0.3, 0.4) is 0 Å². The van der Waals surface area contributed by atoms with E-state index in [0.29, 0.717) is 46.5 Å². The zero-order valence-corrected chi connectivity index (χ0v) is 24.3. The van der Waals surface area contributed by atoms with Crippen LogP contribution in [0.15, 0.2) is 66.7 Å². The summed E-state index contributed by atoms with van der Waals surface area (Å²) in [5, 5.41) is 3.67. The number of amides is 3. The Morgan fingerprint density at radius 2 is 1.83 bits per heavy atom. The van der Waals surface area contributed by atoms with E-state index in [1.807, 2.05) is 30.3 Å². The van der Waals surface area contributed by atoms with Gasteiger partial charge in [0, 0.05) is 50.8 Å². The monoisotopic (exact) mass is 599 g/mol. The van der Waals surface area contributed by atoms with Crippen molar-refractivity contribution in [1.82, 2.24) is 15.1 Å². The van der Waals surface area contributed by atoms with Gasteiger partial charge in [-0.3, -0.25) is 14.4 Å². The summed E-state index contributed by atoms with van der Waals surface area (Å²) in [6.45, 7) is 0.618. The largest absolute Gasteiger partial charge is 0.457 e. The molecule has 0 saturated carbocycles. The van der Waals surface area contributed by atoms with Gasteiger partial charge in [-0.25, -0.2) is 4.39 Å². The number of carbonyl (C=O) groups is 3. The molecule has 216 valence electrons. The maximum Gasteiger partial charge on any atom is 0.312 e. The molecule has 1 atom stereocenters. The van der Waals surface area contributed by atoms with Crippen molar-refractivity contribution in [2.75, 3.05) is 20.1 Å². The molecule has 7 nitrogen and oxygen atoms in total. The van der Waals surface area contributed by atoms with E-state index in [1.165, 1.54) is 46.7 Å². The maximum atomic E-state index is 14.1. The molecule has 1 aliphatic heterocycles. The SMILES string of the molecule is CN(Cc1cc(F)ccc1Oc1ccc(Cl)c(Cl)c1)C(=O)C(=O)N1CCCC(NC(=O)CCCc2ccccc2)C1. The Labute approximate surface area is 249 Å². The van der Waals surface area contributed by atoms with Crippen LogP contribution in [0.5, 0.6) is 11.5 Å². The number of likely N-dealkylation sites (tertiary alicyclic amines) is 1. The molecule has 1 fully saturated rings. The van der Waals surface area contributed by atoms with Crippen LogP contribution in [0, 0.1) is 5.82 Å². The van der Waals surface area contributed by atoms with E-state index in [2.05, 4.69) is 5.32 Å². The van der Waals surface area contributed by atoms with Crippen LogP contribution >= 0.6 is 23.2 Å². The summed E-state index contributed by atoms with van der Waals surface area (Å²) in [7, 11) is 1.48. The van der Waals surface area contributed by atoms with Crippen molar-refractivity contribution < 1.29 is 23.5 Å². The second kappa shape index (κ2) is 14.3. The van der Waals surface area contributed by atoms with E-state index in [1.54, 1.807) is 12.1 Å². The van der Waals surface area contributed by atoms with E-state index in [4.69, 9.17) is 27.9 Å². The number of hydrogen-bond acceptors (Lipinski definition) is 4. The summed E-state index contributed by atoms with van der Waals surface area (Å²) in [4.78, 5) is 41.4. The quantitative estimate of drug-likeness (QED) is 0.305. The Kier molecular flexibility index (Phi) is 10.6. The fourth-order valence-corrected chi connectivity index (χ4v) is 5.03. The van der Waals surface area contributed by atoms with Gasteiger partial charge in [-0.15, -0.1) is 0 Å². The number of piperidine rings is 1. The van der Waals surface area contributed by atoms with Gasteiger partial charge in [0.25, 0.3) is 0 Å². The highest BCUT2D eigenvalue weighted by atomic mass is 35.5. The molecule has 0 radical (unpaired) electrons. The average Bonchev–Trinajstić information content (AvgIpc) is 2.96. The second-order valence-corrected chi connectivity index (χ2v) is 10.9. The van der Waals surface area contributed by atoms with Crippen molar-refractivity contribution in [3.63, 3.8) is 0 Å². The summed E-state index contributed by atoms with van der Waals surface area (Å²) < 4.78 is 20.0. The Morgan fingerprint density at radius 3 is 2.59 bits per heavy atom. The summed E-state index contributed by atoms with van der Waals surface area (Å²) in [5.41, 5.74) is 1.56. The van der Waals surface area contributed by atoms with Crippen LogP contribution in [0.4, 0.5) is 4.39 Å². The first-order valence-corrected chi connectivity index (χ1v) is 14.2. The highest BCUT2D eigenvalue weighted by molar-refractivity contribution is 6.42. The van der Waals surface area contributed by atoms with E-state index in [9.17, 15) is 18.8 Å². The normalized spacial score (nSPS) is 14.8. The molecule has 0 bridgehead atoms. The minimum Gasteiger partial charge on any atom is -0.457 e. The number of likely N-dealkylation sites (N-methyl/N-ethyl adjacent to an activating group) is 1. The van der Waals surface area contributed by atoms with Crippen molar-refractivity contribution in [1.29, 1.82) is 0 Å². The van der Waals surface area contributed by atoms with Crippen molar-refractivity contribution in [3.8, 4) is 11.5 Å². The van der Waals surface area contributed by atoms with E-state index < -0.39 is 17.6 Å². The van der Waals surface area contributed by atoms with Crippen LogP contribution in [-0.4, -0.2) is 53.7 Å². The first-order valence-electron chi connectivity index (χ1n) is 13.5. The molecule has 1 aliphatic rings. The number of rotatable bonds is 9. The first kappa shape index (κ1) is 30.3. The maximum absolute atomic E-state index is 14.1. The van der Waals surface area contributed by atoms with Crippen LogP contribution in [-0.2, 0) is 27.3 Å². The van der Waals surface area contributed by atoms with Gasteiger partial charge in [0.05, 0.1) is 10.0 Å². The highest BCUT2D eigenvalue weighted by Gasteiger charge is 2.30. The Hall–Kier alpha value is -3.62. The molecule has 41 heavy (non-hydrogen) atoms. The lowest BCUT2D eigenvalue weighted by Crippen LogP contribution is -2.53. The van der Waals surface area contributed by atoms with Gasteiger partial charge in [0.1, 0.15) is 17.3 Å². The molecule has 10 heteroatoms. The van der Waals surface area contributed by atoms with Crippen LogP contribution in [0.2, 0.25) is 10.0 Å². The summed E-state index contributed by atoms with van der Waals surface area (Å²) in [5.74, 6) is -1.27. The molecule has 3 aromatic carbocycles. The number of carbonyl (C=O) groups excluding carboxylic acids is 3. The van der Waals surface area contributed by atoms with E-state index in [-0.39, 0.29) is 25.0 Å². The molecule has 0 aromatic heterocycles. The average molecular weight is 601 g/mol. The molecule has 1 saturated heterocycles.